The summed E-state index contributed by atoms with van der Waals surface area (Å²) in [5, 5.41) is 10.3. The molecule has 182 valence electrons. The van der Waals surface area contributed by atoms with Gasteiger partial charge in [0.25, 0.3) is 6.43 Å². The van der Waals surface area contributed by atoms with E-state index in [9.17, 15) is 13.6 Å². The van der Waals surface area contributed by atoms with Crippen LogP contribution in [0, 0.1) is 12.8 Å². The van der Waals surface area contributed by atoms with E-state index < -0.39 is 6.43 Å². The van der Waals surface area contributed by atoms with Crippen LogP contribution in [0.15, 0.2) is 30.6 Å². The van der Waals surface area contributed by atoms with Crippen LogP contribution in [0.25, 0.3) is 16.9 Å². The van der Waals surface area contributed by atoms with Gasteiger partial charge in [-0.25, -0.2) is 28.4 Å². The van der Waals surface area contributed by atoms with E-state index >= 15 is 0 Å². The van der Waals surface area contributed by atoms with Gasteiger partial charge >= 0.3 is 0 Å². The zero-order chi connectivity index (χ0) is 24.7. The molecule has 10 nitrogen and oxygen atoms in total. The van der Waals surface area contributed by atoms with Crippen LogP contribution in [-0.2, 0) is 4.79 Å². The lowest BCUT2D eigenvalue weighted by Gasteiger charge is -2.16. The third-order valence-electron chi connectivity index (χ3n) is 5.53. The summed E-state index contributed by atoms with van der Waals surface area (Å²) in [6.07, 6.45) is 0.258. The van der Waals surface area contributed by atoms with Crippen molar-refractivity contribution in [3.63, 3.8) is 0 Å². The fraction of sp³-hybridized carbons (Fsp3) is 0.286. The largest absolute Gasteiger partial charge is 0.492 e. The molecule has 3 heterocycles. The van der Waals surface area contributed by atoms with Gasteiger partial charge < -0.3 is 15.4 Å². The van der Waals surface area contributed by atoms with E-state index in [2.05, 4.69) is 30.7 Å². The van der Waals surface area contributed by atoms with Gasteiger partial charge in [0, 0.05) is 12.0 Å². The van der Waals surface area contributed by atoms with Crippen molar-refractivity contribution in [2.45, 2.75) is 26.2 Å². The van der Waals surface area contributed by atoms with Gasteiger partial charge in [-0.1, -0.05) is 6.07 Å². The SMILES string of the molecule is COc1c(Nc2cc(NC(=O)C3CC3)nc3c2nc(C(F)F)n3PI)cccc1-n1ncnc1C. The van der Waals surface area contributed by atoms with Crippen LogP contribution in [0.5, 0.6) is 5.75 Å². The highest BCUT2D eigenvalue weighted by Crippen LogP contribution is 2.40. The number of carbonyl (C=O) groups is 1. The summed E-state index contributed by atoms with van der Waals surface area (Å²) in [7, 11) is 1.53. The zero-order valence-corrected chi connectivity index (χ0v) is 21.7. The number of carbonyl (C=O) groups excluding carboxylic acids is 1. The van der Waals surface area contributed by atoms with Crippen molar-refractivity contribution in [3.8, 4) is 11.4 Å². The van der Waals surface area contributed by atoms with E-state index in [0.29, 0.717) is 28.6 Å². The van der Waals surface area contributed by atoms with Crippen LogP contribution in [0.4, 0.5) is 26.0 Å². The summed E-state index contributed by atoms with van der Waals surface area (Å²) in [5.74, 6) is 0.837. The van der Waals surface area contributed by atoms with Gasteiger partial charge in [0.05, 0.1) is 24.9 Å². The Morgan fingerprint density at radius 1 is 1.29 bits per heavy atom. The third-order valence-corrected chi connectivity index (χ3v) is 7.59. The molecule has 0 radical (unpaired) electrons. The van der Waals surface area contributed by atoms with Gasteiger partial charge in [0.2, 0.25) is 5.91 Å². The minimum Gasteiger partial charge on any atom is -0.492 e. The van der Waals surface area contributed by atoms with Crippen molar-refractivity contribution in [1.82, 2.24) is 29.1 Å². The molecule has 35 heavy (non-hydrogen) atoms. The molecule has 1 saturated carbocycles. The Balaban J connectivity index is 1.64. The molecule has 1 fully saturated rings. The maximum absolute atomic E-state index is 13.8. The number of nitrogens with one attached hydrogen (secondary N) is 2. The number of rotatable bonds is 8. The summed E-state index contributed by atoms with van der Waals surface area (Å²) < 4.78 is 36.2. The Labute approximate surface area is 213 Å². The summed E-state index contributed by atoms with van der Waals surface area (Å²) in [4.78, 5) is 25.2. The molecule has 5 rings (SSSR count). The molecule has 1 amide bonds. The molecule has 1 aromatic carbocycles. The molecule has 1 unspecified atom stereocenters. The van der Waals surface area contributed by atoms with Gasteiger partial charge in [-0.3, -0.25) is 9.13 Å². The highest BCUT2D eigenvalue weighted by atomic mass is 127. The molecule has 14 heteroatoms. The summed E-state index contributed by atoms with van der Waals surface area (Å²) in [5.41, 5.74) is 2.12. The Morgan fingerprint density at radius 3 is 2.71 bits per heavy atom. The first-order valence-corrected chi connectivity index (χ1v) is 14.7. The van der Waals surface area contributed by atoms with Crippen molar-refractivity contribution in [2.75, 3.05) is 17.7 Å². The number of alkyl halides is 2. The fourth-order valence-corrected chi connectivity index (χ4v) is 5.61. The maximum Gasteiger partial charge on any atom is 0.295 e. The van der Waals surface area contributed by atoms with Crippen LogP contribution in [0.3, 0.4) is 0 Å². The normalized spacial score (nSPS) is 13.8. The number of hydrogen-bond donors (Lipinski definition) is 2. The topological polar surface area (TPSA) is 112 Å². The molecule has 1 aliphatic rings. The molecule has 0 aliphatic heterocycles. The first-order valence-electron chi connectivity index (χ1n) is 10.6. The first-order chi connectivity index (χ1) is 16.9. The summed E-state index contributed by atoms with van der Waals surface area (Å²) in [6.45, 7) is 1.82. The fourth-order valence-electron chi connectivity index (χ4n) is 3.71. The van der Waals surface area contributed by atoms with Crippen LogP contribution >= 0.6 is 28.4 Å². The highest BCUT2D eigenvalue weighted by Gasteiger charge is 2.30. The van der Waals surface area contributed by atoms with Crippen molar-refractivity contribution in [3.05, 3.63) is 42.2 Å². The number of amides is 1. The molecule has 1 aliphatic carbocycles. The number of nitrogens with zero attached hydrogens (tertiary/aromatic N) is 6. The van der Waals surface area contributed by atoms with Crippen molar-refractivity contribution >= 4 is 62.7 Å². The van der Waals surface area contributed by atoms with Gasteiger partial charge in [0.15, 0.2) is 17.2 Å². The van der Waals surface area contributed by atoms with Crippen LogP contribution in [0.2, 0.25) is 0 Å². The highest BCUT2D eigenvalue weighted by molar-refractivity contribution is 14.2. The average molecular weight is 612 g/mol. The molecular weight excluding hydrogens is 592 g/mol. The standard InChI is InChI=1S/C21H20F2IN8O2P/c1-10-25-9-26-31(10)14-5-3-4-12(17(14)34-2)27-13-8-15(29-21(33)11-6-7-11)28-19-16(13)30-20(18(22)23)32(19)35-24/h3-5,8-9,11,18,35H,6-7H2,1-2H3,(H2,27,28,29,33). The zero-order valence-electron chi connectivity index (χ0n) is 18.6. The van der Waals surface area contributed by atoms with Crippen LogP contribution < -0.4 is 15.4 Å². The Kier molecular flexibility index (Phi) is 6.53. The number of para-hydroxylation sites is 1. The molecule has 1 atom stereocenters. The Morgan fingerprint density at radius 2 is 2.09 bits per heavy atom. The molecule has 4 aromatic rings. The number of methoxy groups -OCH3 is 1. The molecule has 0 spiro atoms. The quantitative estimate of drug-likeness (QED) is 0.209. The number of anilines is 3. The predicted molar refractivity (Wildman–Crippen MR) is 138 cm³/mol. The average Bonchev–Trinajstić information content (AvgIpc) is 3.50. The monoisotopic (exact) mass is 612 g/mol. The number of hydrogen-bond acceptors (Lipinski definition) is 7. The number of benzene rings is 1. The number of halogens is 3. The van der Waals surface area contributed by atoms with E-state index in [1.54, 1.807) is 16.8 Å². The number of ether oxygens (including phenoxy) is 1. The van der Waals surface area contributed by atoms with E-state index in [1.165, 1.54) is 17.8 Å². The second-order valence-corrected chi connectivity index (χ2v) is 9.95. The summed E-state index contributed by atoms with van der Waals surface area (Å²) in [6, 6.07) is 7.02. The maximum atomic E-state index is 13.8. The lowest BCUT2D eigenvalue weighted by atomic mass is 10.2. The van der Waals surface area contributed by atoms with E-state index in [1.807, 2.05) is 41.1 Å². The van der Waals surface area contributed by atoms with Gasteiger partial charge in [-0.05, 0) is 53.9 Å². The van der Waals surface area contributed by atoms with Crippen LogP contribution in [-0.4, -0.2) is 42.1 Å². The first kappa shape index (κ1) is 23.8. The van der Waals surface area contributed by atoms with E-state index in [-0.39, 0.29) is 41.0 Å². The van der Waals surface area contributed by atoms with Crippen LogP contribution in [0.1, 0.15) is 30.9 Å². The Hall–Kier alpha value is -2.93. The number of fused-ring (bicyclic) bond motifs is 1. The summed E-state index contributed by atoms with van der Waals surface area (Å²) >= 11 is 2.01. The minimum absolute atomic E-state index is 0.0420. The number of aryl methyl sites for hydroxylation is 1. The Bertz CT molecular complexity index is 1420. The predicted octanol–water partition coefficient (Wildman–Crippen LogP) is 5.15. The van der Waals surface area contributed by atoms with E-state index in [4.69, 9.17) is 4.74 Å². The second-order valence-electron chi connectivity index (χ2n) is 7.88. The molecule has 2 N–H and O–H groups in total. The number of imidazole rings is 1. The molecular formula is C21H20F2IN8O2P. The lowest BCUT2D eigenvalue weighted by Crippen LogP contribution is -2.14. The van der Waals surface area contributed by atoms with Gasteiger partial charge in [-0.15, -0.1) is 0 Å². The molecule has 0 bridgehead atoms. The lowest BCUT2D eigenvalue weighted by molar-refractivity contribution is -0.117. The van der Waals surface area contributed by atoms with Crippen molar-refractivity contribution in [2.24, 2.45) is 5.92 Å². The molecule has 0 saturated heterocycles. The van der Waals surface area contributed by atoms with Gasteiger partial charge in [0.1, 0.15) is 29.2 Å². The number of aromatic nitrogens is 6. The van der Waals surface area contributed by atoms with E-state index in [0.717, 1.165) is 12.8 Å². The third kappa shape index (κ3) is 4.54. The van der Waals surface area contributed by atoms with Crippen molar-refractivity contribution in [1.29, 1.82) is 0 Å². The number of pyridine rings is 1. The molecule has 3 aromatic heterocycles. The smallest absolute Gasteiger partial charge is 0.295 e. The van der Waals surface area contributed by atoms with Gasteiger partial charge in [-0.2, -0.15) is 5.10 Å². The van der Waals surface area contributed by atoms with Crippen molar-refractivity contribution < 1.29 is 18.3 Å². The second kappa shape index (κ2) is 9.61. The minimum atomic E-state index is -2.78.